The van der Waals surface area contributed by atoms with Crippen molar-refractivity contribution in [3.05, 3.63) is 55.6 Å². The molecular formula is C14H15BrClNS. The van der Waals surface area contributed by atoms with Crippen LogP contribution in [0.5, 0.6) is 0 Å². The molecular weight excluding hydrogens is 330 g/mol. The zero-order chi connectivity index (χ0) is 13.0. The van der Waals surface area contributed by atoms with Crippen LogP contribution in [0.4, 0.5) is 0 Å². The van der Waals surface area contributed by atoms with Gasteiger partial charge < -0.3 is 5.32 Å². The smallest absolute Gasteiger partial charge is 0.0451 e. The Morgan fingerprint density at radius 1 is 1.39 bits per heavy atom. The van der Waals surface area contributed by atoms with Gasteiger partial charge in [0.25, 0.3) is 0 Å². The van der Waals surface area contributed by atoms with Gasteiger partial charge in [-0.2, -0.15) is 0 Å². The van der Waals surface area contributed by atoms with Gasteiger partial charge in [0.2, 0.25) is 0 Å². The lowest BCUT2D eigenvalue weighted by Crippen LogP contribution is -2.27. The van der Waals surface area contributed by atoms with E-state index in [1.54, 1.807) is 11.3 Å². The fourth-order valence-electron chi connectivity index (χ4n) is 1.77. The Balaban J connectivity index is 1.89. The van der Waals surface area contributed by atoms with Crippen molar-refractivity contribution in [2.45, 2.75) is 25.9 Å². The number of thiophene rings is 1. The molecule has 96 valence electrons. The van der Waals surface area contributed by atoms with Crippen LogP contribution in [-0.4, -0.2) is 6.04 Å². The summed E-state index contributed by atoms with van der Waals surface area (Å²) in [5.41, 5.74) is 1.13. The highest BCUT2D eigenvalue weighted by atomic mass is 79.9. The third-order valence-corrected chi connectivity index (χ3v) is 4.50. The van der Waals surface area contributed by atoms with Crippen LogP contribution >= 0.6 is 38.9 Å². The van der Waals surface area contributed by atoms with Crippen molar-refractivity contribution in [2.75, 3.05) is 0 Å². The zero-order valence-corrected chi connectivity index (χ0v) is 13.3. The third-order valence-electron chi connectivity index (χ3n) is 2.74. The predicted molar refractivity (Wildman–Crippen MR) is 83.5 cm³/mol. The lowest BCUT2D eigenvalue weighted by molar-refractivity contribution is 0.548. The zero-order valence-electron chi connectivity index (χ0n) is 10.1. The highest BCUT2D eigenvalue weighted by Gasteiger charge is 2.06. The molecule has 0 aliphatic rings. The second-order valence-corrected chi connectivity index (χ2v) is 6.66. The van der Waals surface area contributed by atoms with Gasteiger partial charge in [-0.1, -0.05) is 33.6 Å². The Morgan fingerprint density at radius 2 is 2.22 bits per heavy atom. The topological polar surface area (TPSA) is 12.0 Å². The third kappa shape index (κ3) is 4.09. The second kappa shape index (κ2) is 6.71. The summed E-state index contributed by atoms with van der Waals surface area (Å²) in [5.74, 6) is 0. The Morgan fingerprint density at radius 3 is 2.94 bits per heavy atom. The SMILES string of the molecule is CC(Cc1cccs1)NCc1cc(Br)ccc1Cl. The molecule has 0 spiro atoms. The first-order valence-electron chi connectivity index (χ1n) is 5.85. The van der Waals surface area contributed by atoms with Gasteiger partial charge in [-0.3, -0.25) is 0 Å². The van der Waals surface area contributed by atoms with Crippen LogP contribution in [0.25, 0.3) is 0 Å². The van der Waals surface area contributed by atoms with Crippen molar-refractivity contribution >= 4 is 38.9 Å². The Bertz CT molecular complexity index is 499. The molecule has 18 heavy (non-hydrogen) atoms. The largest absolute Gasteiger partial charge is 0.310 e. The van der Waals surface area contributed by atoms with Crippen molar-refractivity contribution in [3.63, 3.8) is 0 Å². The van der Waals surface area contributed by atoms with Crippen molar-refractivity contribution < 1.29 is 0 Å². The minimum atomic E-state index is 0.443. The Kier molecular flexibility index (Phi) is 5.25. The molecule has 2 aromatic rings. The van der Waals surface area contributed by atoms with Gasteiger partial charge in [-0.25, -0.2) is 0 Å². The molecule has 0 saturated heterocycles. The molecule has 0 bridgehead atoms. The van der Waals surface area contributed by atoms with Gasteiger partial charge in [-0.15, -0.1) is 11.3 Å². The highest BCUT2D eigenvalue weighted by molar-refractivity contribution is 9.10. The highest BCUT2D eigenvalue weighted by Crippen LogP contribution is 2.21. The molecule has 4 heteroatoms. The maximum Gasteiger partial charge on any atom is 0.0451 e. The summed E-state index contributed by atoms with van der Waals surface area (Å²) in [6.45, 7) is 3.00. The molecule has 0 aliphatic carbocycles. The van der Waals surface area contributed by atoms with Gasteiger partial charge in [0.15, 0.2) is 0 Å². The molecule has 1 aromatic heterocycles. The Hall–Kier alpha value is -0.350. The number of nitrogens with one attached hydrogen (secondary N) is 1. The van der Waals surface area contributed by atoms with Crippen LogP contribution < -0.4 is 5.32 Å². The average molecular weight is 345 g/mol. The quantitative estimate of drug-likeness (QED) is 0.814. The van der Waals surface area contributed by atoms with E-state index in [1.165, 1.54) is 4.88 Å². The summed E-state index contributed by atoms with van der Waals surface area (Å²) in [5, 5.41) is 6.44. The van der Waals surface area contributed by atoms with E-state index in [4.69, 9.17) is 11.6 Å². The van der Waals surface area contributed by atoms with Gasteiger partial charge in [-0.05, 0) is 48.6 Å². The molecule has 1 atom stereocenters. The monoisotopic (exact) mass is 343 g/mol. The molecule has 0 radical (unpaired) electrons. The maximum absolute atomic E-state index is 6.16. The van der Waals surface area contributed by atoms with E-state index in [1.807, 2.05) is 12.1 Å². The van der Waals surface area contributed by atoms with E-state index < -0.39 is 0 Å². The summed E-state index contributed by atoms with van der Waals surface area (Å²) >= 11 is 11.4. The number of benzene rings is 1. The first kappa shape index (κ1) is 14.1. The van der Waals surface area contributed by atoms with Crippen molar-refractivity contribution in [2.24, 2.45) is 0 Å². The number of halogens is 2. The van der Waals surface area contributed by atoms with Crippen LogP contribution in [0.1, 0.15) is 17.4 Å². The summed E-state index contributed by atoms with van der Waals surface area (Å²) in [4.78, 5) is 1.41. The van der Waals surface area contributed by atoms with Crippen LogP contribution in [-0.2, 0) is 13.0 Å². The van der Waals surface area contributed by atoms with Crippen molar-refractivity contribution in [3.8, 4) is 0 Å². The molecule has 1 heterocycles. The van der Waals surface area contributed by atoms with Crippen molar-refractivity contribution in [1.29, 1.82) is 0 Å². The van der Waals surface area contributed by atoms with Crippen LogP contribution in [0.15, 0.2) is 40.2 Å². The molecule has 0 saturated carbocycles. The van der Waals surface area contributed by atoms with Crippen LogP contribution in [0.2, 0.25) is 5.02 Å². The number of hydrogen-bond donors (Lipinski definition) is 1. The first-order chi connectivity index (χ1) is 8.65. The first-order valence-corrected chi connectivity index (χ1v) is 7.90. The lowest BCUT2D eigenvalue weighted by Gasteiger charge is -2.14. The summed E-state index contributed by atoms with van der Waals surface area (Å²) in [7, 11) is 0. The summed E-state index contributed by atoms with van der Waals surface area (Å²) in [6, 6.07) is 10.7. The fraction of sp³-hybridized carbons (Fsp3) is 0.286. The van der Waals surface area contributed by atoms with E-state index >= 15 is 0 Å². The van der Waals surface area contributed by atoms with Gasteiger partial charge in [0, 0.05) is 27.0 Å². The number of hydrogen-bond acceptors (Lipinski definition) is 2. The van der Waals surface area contributed by atoms with Crippen LogP contribution in [0, 0.1) is 0 Å². The molecule has 1 nitrogen and oxygen atoms in total. The normalized spacial score (nSPS) is 12.6. The van der Waals surface area contributed by atoms with E-state index in [0.717, 1.165) is 28.0 Å². The molecule has 1 unspecified atom stereocenters. The molecule has 0 amide bonds. The number of rotatable bonds is 5. The standard InChI is InChI=1S/C14H15BrClNS/c1-10(7-13-3-2-6-18-13)17-9-11-8-12(15)4-5-14(11)16/h2-6,8,10,17H,7,9H2,1H3. The lowest BCUT2D eigenvalue weighted by atomic mass is 10.1. The van der Waals surface area contributed by atoms with Gasteiger partial charge in [0.05, 0.1) is 0 Å². The molecule has 0 fully saturated rings. The molecule has 1 N–H and O–H groups in total. The minimum absolute atomic E-state index is 0.443. The maximum atomic E-state index is 6.16. The second-order valence-electron chi connectivity index (χ2n) is 4.30. The van der Waals surface area contributed by atoms with Gasteiger partial charge in [0.1, 0.15) is 0 Å². The Labute approximate surface area is 125 Å². The van der Waals surface area contributed by atoms with E-state index in [2.05, 4.69) is 51.7 Å². The summed E-state index contributed by atoms with van der Waals surface area (Å²) < 4.78 is 1.06. The van der Waals surface area contributed by atoms with E-state index in [-0.39, 0.29) is 0 Å². The summed E-state index contributed by atoms with van der Waals surface area (Å²) in [6.07, 6.45) is 1.06. The van der Waals surface area contributed by atoms with E-state index in [9.17, 15) is 0 Å². The van der Waals surface area contributed by atoms with E-state index in [0.29, 0.717) is 6.04 Å². The van der Waals surface area contributed by atoms with Crippen LogP contribution in [0.3, 0.4) is 0 Å². The predicted octanol–water partition coefficient (Wildman–Crippen LogP) is 4.88. The minimum Gasteiger partial charge on any atom is -0.310 e. The molecule has 0 aliphatic heterocycles. The molecule has 1 aromatic carbocycles. The van der Waals surface area contributed by atoms with Gasteiger partial charge >= 0.3 is 0 Å². The van der Waals surface area contributed by atoms with Crippen molar-refractivity contribution in [1.82, 2.24) is 5.32 Å². The average Bonchev–Trinajstić information content (AvgIpc) is 2.83. The molecule has 2 rings (SSSR count). The fourth-order valence-corrected chi connectivity index (χ4v) is 3.19.